The van der Waals surface area contributed by atoms with Gasteiger partial charge in [-0.15, -0.1) is 0 Å². The van der Waals surface area contributed by atoms with E-state index in [1.54, 1.807) is 6.92 Å². The zero-order valence-corrected chi connectivity index (χ0v) is 13.5. The van der Waals surface area contributed by atoms with Crippen molar-refractivity contribution in [1.29, 1.82) is 0 Å². The third-order valence-electron chi connectivity index (χ3n) is 4.10. The topological polar surface area (TPSA) is 92.5 Å². The molecule has 0 spiro atoms. The number of sulfonamides is 1. The molecule has 1 unspecified atom stereocenters. The van der Waals surface area contributed by atoms with Crippen LogP contribution in [0.5, 0.6) is 0 Å². The molecule has 0 aromatic carbocycles. The normalized spacial score (nSPS) is 24.1. The fourth-order valence-electron chi connectivity index (χ4n) is 2.72. The lowest BCUT2D eigenvalue weighted by Gasteiger charge is -2.38. The highest BCUT2D eigenvalue weighted by Crippen LogP contribution is 2.36. The molecule has 0 bridgehead atoms. The molecule has 21 heavy (non-hydrogen) atoms. The molecule has 118 valence electrons. The molecule has 1 saturated heterocycles. The summed E-state index contributed by atoms with van der Waals surface area (Å²) in [6, 6.07) is 0. The standard InChI is InChI=1S/C12H18ClN3O4S/c1-3-12(11(17)18)5-4-6-16(8-12)21(19,20)10-9(13)7-14-15(10)2/h7H,3-6,8H2,1-2H3,(H,17,18). The molecule has 9 heteroatoms. The predicted molar refractivity (Wildman–Crippen MR) is 76.6 cm³/mol. The van der Waals surface area contributed by atoms with E-state index in [0.29, 0.717) is 25.8 Å². The number of carbonyl (C=O) groups is 1. The summed E-state index contributed by atoms with van der Waals surface area (Å²) in [6.45, 7) is 2.02. The summed E-state index contributed by atoms with van der Waals surface area (Å²) in [7, 11) is -2.36. The lowest BCUT2D eigenvalue weighted by atomic mass is 9.78. The van der Waals surface area contributed by atoms with E-state index in [9.17, 15) is 18.3 Å². The summed E-state index contributed by atoms with van der Waals surface area (Å²) in [5, 5.41) is 13.2. The van der Waals surface area contributed by atoms with E-state index in [-0.39, 0.29) is 16.6 Å². The number of nitrogens with zero attached hydrogens (tertiary/aromatic N) is 3. The van der Waals surface area contributed by atoms with Crippen molar-refractivity contribution in [2.75, 3.05) is 13.1 Å². The minimum absolute atomic E-state index is 0.0390. The summed E-state index contributed by atoms with van der Waals surface area (Å²) in [5.74, 6) is -0.957. The van der Waals surface area contributed by atoms with Crippen molar-refractivity contribution in [1.82, 2.24) is 14.1 Å². The van der Waals surface area contributed by atoms with Crippen LogP contribution in [0.1, 0.15) is 26.2 Å². The number of aliphatic carboxylic acids is 1. The second-order valence-corrected chi connectivity index (χ2v) is 7.56. The fourth-order valence-corrected chi connectivity index (χ4v) is 4.89. The van der Waals surface area contributed by atoms with Gasteiger partial charge in [0.1, 0.15) is 0 Å². The van der Waals surface area contributed by atoms with Crippen LogP contribution in [0.15, 0.2) is 11.2 Å². The maximum atomic E-state index is 12.7. The summed E-state index contributed by atoms with van der Waals surface area (Å²) < 4.78 is 27.8. The first-order chi connectivity index (χ1) is 9.74. The Morgan fingerprint density at radius 3 is 2.71 bits per heavy atom. The van der Waals surface area contributed by atoms with Gasteiger partial charge in [0.2, 0.25) is 0 Å². The minimum Gasteiger partial charge on any atom is -0.481 e. The van der Waals surface area contributed by atoms with Gasteiger partial charge >= 0.3 is 5.97 Å². The quantitative estimate of drug-likeness (QED) is 0.896. The van der Waals surface area contributed by atoms with E-state index in [1.165, 1.54) is 22.2 Å². The molecule has 0 aliphatic carbocycles. The van der Waals surface area contributed by atoms with E-state index in [2.05, 4.69) is 5.10 Å². The highest BCUT2D eigenvalue weighted by atomic mass is 35.5. The molecule has 1 aliphatic rings. The molecule has 1 aliphatic heterocycles. The van der Waals surface area contributed by atoms with Crippen LogP contribution in [-0.4, -0.2) is 46.7 Å². The van der Waals surface area contributed by atoms with Crippen LogP contribution in [0, 0.1) is 5.41 Å². The smallest absolute Gasteiger partial charge is 0.310 e. The van der Waals surface area contributed by atoms with Crippen molar-refractivity contribution in [3.8, 4) is 0 Å². The number of piperidine rings is 1. The average molecular weight is 336 g/mol. The number of rotatable bonds is 4. The number of carboxylic acid groups (broad SMARTS) is 1. The lowest BCUT2D eigenvalue weighted by molar-refractivity contribution is -0.151. The third-order valence-corrected chi connectivity index (χ3v) is 6.45. The second-order valence-electron chi connectivity index (χ2n) is 5.30. The molecule has 2 heterocycles. The maximum absolute atomic E-state index is 12.7. The number of aryl methyl sites for hydroxylation is 1. The number of hydrogen-bond acceptors (Lipinski definition) is 4. The van der Waals surface area contributed by atoms with E-state index >= 15 is 0 Å². The number of halogens is 1. The molecule has 1 fully saturated rings. The third kappa shape index (κ3) is 2.67. The average Bonchev–Trinajstić information content (AvgIpc) is 2.78. The van der Waals surface area contributed by atoms with E-state index < -0.39 is 21.4 Å². The lowest BCUT2D eigenvalue weighted by Crippen LogP contribution is -2.49. The van der Waals surface area contributed by atoms with Gasteiger partial charge in [0.15, 0.2) is 5.03 Å². The summed E-state index contributed by atoms with van der Waals surface area (Å²) in [4.78, 5) is 11.5. The first-order valence-electron chi connectivity index (χ1n) is 6.65. The van der Waals surface area contributed by atoms with Crippen LogP contribution in [0.2, 0.25) is 5.02 Å². The monoisotopic (exact) mass is 335 g/mol. The Morgan fingerprint density at radius 2 is 2.24 bits per heavy atom. The van der Waals surface area contributed by atoms with Crippen molar-refractivity contribution >= 4 is 27.6 Å². The molecule has 1 aromatic rings. The van der Waals surface area contributed by atoms with Crippen LogP contribution >= 0.6 is 11.6 Å². The number of hydrogen-bond donors (Lipinski definition) is 1. The molecule has 0 radical (unpaired) electrons. The SMILES string of the molecule is CCC1(C(=O)O)CCCN(S(=O)(=O)c2c(Cl)cnn2C)C1. The van der Waals surface area contributed by atoms with Gasteiger partial charge in [-0.25, -0.2) is 8.42 Å². The van der Waals surface area contributed by atoms with Crippen LogP contribution in [0.4, 0.5) is 0 Å². The van der Waals surface area contributed by atoms with Gasteiger partial charge in [-0.1, -0.05) is 18.5 Å². The van der Waals surface area contributed by atoms with Crippen LogP contribution in [0.3, 0.4) is 0 Å². The van der Waals surface area contributed by atoms with Crippen molar-refractivity contribution in [2.24, 2.45) is 12.5 Å². The Bertz CT molecular complexity index is 638. The van der Waals surface area contributed by atoms with E-state index in [1.807, 2.05) is 0 Å². The van der Waals surface area contributed by atoms with Gasteiger partial charge in [0, 0.05) is 20.1 Å². The van der Waals surface area contributed by atoms with Gasteiger partial charge in [0.05, 0.1) is 16.6 Å². The molecule has 7 nitrogen and oxygen atoms in total. The van der Waals surface area contributed by atoms with E-state index in [4.69, 9.17) is 11.6 Å². The van der Waals surface area contributed by atoms with Crippen LogP contribution in [0.25, 0.3) is 0 Å². The van der Waals surface area contributed by atoms with Crippen molar-refractivity contribution in [3.05, 3.63) is 11.2 Å². The summed E-state index contributed by atoms with van der Waals surface area (Å²) in [6.07, 6.45) is 2.63. The Kier molecular flexibility index (Phi) is 4.32. The Labute approximate surface area is 128 Å². The number of carboxylic acids is 1. The highest BCUT2D eigenvalue weighted by molar-refractivity contribution is 7.89. The van der Waals surface area contributed by atoms with Gasteiger partial charge in [0.25, 0.3) is 10.0 Å². The fraction of sp³-hybridized carbons (Fsp3) is 0.667. The minimum atomic E-state index is -3.86. The summed E-state index contributed by atoms with van der Waals surface area (Å²) in [5.41, 5.74) is -1.03. The number of aromatic nitrogens is 2. The van der Waals surface area contributed by atoms with Gasteiger partial charge < -0.3 is 5.11 Å². The van der Waals surface area contributed by atoms with Gasteiger partial charge in [-0.05, 0) is 19.3 Å². The molecular weight excluding hydrogens is 318 g/mol. The molecule has 2 rings (SSSR count). The van der Waals surface area contributed by atoms with Crippen molar-refractivity contribution in [2.45, 2.75) is 31.2 Å². The molecule has 1 aromatic heterocycles. The molecule has 0 saturated carbocycles. The summed E-state index contributed by atoms with van der Waals surface area (Å²) >= 11 is 5.91. The second kappa shape index (κ2) is 5.58. The molecule has 0 amide bonds. The Morgan fingerprint density at radius 1 is 1.57 bits per heavy atom. The van der Waals surface area contributed by atoms with Crippen molar-refractivity contribution in [3.63, 3.8) is 0 Å². The molecular formula is C12H18ClN3O4S. The molecule has 1 N–H and O–H groups in total. The predicted octanol–water partition coefficient (Wildman–Crippen LogP) is 1.34. The van der Waals surface area contributed by atoms with Gasteiger partial charge in [-0.2, -0.15) is 9.40 Å². The van der Waals surface area contributed by atoms with Gasteiger partial charge in [-0.3, -0.25) is 9.48 Å². The van der Waals surface area contributed by atoms with Crippen molar-refractivity contribution < 1.29 is 18.3 Å². The van der Waals surface area contributed by atoms with E-state index in [0.717, 1.165) is 0 Å². The molecule has 1 atom stereocenters. The van der Waals surface area contributed by atoms with Crippen LogP contribution < -0.4 is 0 Å². The Balaban J connectivity index is 2.40. The zero-order chi connectivity index (χ0) is 15.8. The first-order valence-corrected chi connectivity index (χ1v) is 8.47. The maximum Gasteiger partial charge on any atom is 0.310 e. The largest absolute Gasteiger partial charge is 0.481 e. The Hall–Kier alpha value is -1.12. The first kappa shape index (κ1) is 16.3. The zero-order valence-electron chi connectivity index (χ0n) is 11.9. The van der Waals surface area contributed by atoms with Crippen LogP contribution in [-0.2, 0) is 21.9 Å². The highest BCUT2D eigenvalue weighted by Gasteiger charge is 2.45.